The first-order chi connectivity index (χ1) is 11.7. The normalized spacial score (nSPS) is 27.2. The molecule has 2 fully saturated rings. The number of hydrogen-bond acceptors (Lipinski definition) is 4. The number of rotatable bonds is 5. The first-order valence-corrected chi connectivity index (χ1v) is 8.47. The molecule has 132 valence electrons. The number of hydrogen-bond donors (Lipinski definition) is 0. The number of carbonyl (C=O) groups excluding carboxylic acids is 1. The maximum absolute atomic E-state index is 12.9. The Kier molecular flexibility index (Phi) is 5.68. The van der Waals surface area contributed by atoms with E-state index in [4.69, 9.17) is 14.2 Å². The average Bonchev–Trinajstić information content (AvgIpc) is 3.09. The Balaban J connectivity index is 1.61. The lowest BCUT2D eigenvalue weighted by molar-refractivity contribution is -0.146. The van der Waals surface area contributed by atoms with Gasteiger partial charge in [-0.05, 0) is 37.1 Å². The van der Waals surface area contributed by atoms with Crippen molar-refractivity contribution in [2.75, 3.05) is 33.5 Å². The van der Waals surface area contributed by atoms with Crippen LogP contribution in [0.15, 0.2) is 24.3 Å². The van der Waals surface area contributed by atoms with E-state index >= 15 is 0 Å². The van der Waals surface area contributed by atoms with E-state index in [-0.39, 0.29) is 30.5 Å². The van der Waals surface area contributed by atoms with Crippen LogP contribution in [-0.2, 0) is 14.3 Å². The SMILES string of the molecule is COC1CCCC1C1COCCN1C(=O)COc1ccc(F)cc1. The first kappa shape index (κ1) is 17.2. The van der Waals surface area contributed by atoms with E-state index in [9.17, 15) is 9.18 Å². The Hall–Kier alpha value is -1.66. The van der Waals surface area contributed by atoms with Gasteiger partial charge in [0.25, 0.3) is 5.91 Å². The molecule has 0 N–H and O–H groups in total. The highest BCUT2D eigenvalue weighted by Crippen LogP contribution is 2.34. The monoisotopic (exact) mass is 337 g/mol. The molecule has 0 bridgehead atoms. The van der Waals surface area contributed by atoms with E-state index in [0.29, 0.717) is 31.4 Å². The highest BCUT2D eigenvalue weighted by Gasteiger charge is 2.40. The number of ether oxygens (including phenoxy) is 3. The van der Waals surface area contributed by atoms with Crippen molar-refractivity contribution >= 4 is 5.91 Å². The summed E-state index contributed by atoms with van der Waals surface area (Å²) in [4.78, 5) is 14.5. The van der Waals surface area contributed by atoms with Crippen LogP contribution in [0.2, 0.25) is 0 Å². The molecular formula is C18H24FNO4. The fourth-order valence-corrected chi connectivity index (χ4v) is 3.73. The van der Waals surface area contributed by atoms with Crippen molar-refractivity contribution in [1.82, 2.24) is 4.90 Å². The Morgan fingerprint density at radius 2 is 2.12 bits per heavy atom. The lowest BCUT2D eigenvalue weighted by Crippen LogP contribution is -2.54. The van der Waals surface area contributed by atoms with Crippen LogP contribution in [0.3, 0.4) is 0 Å². The standard InChI is InChI=1S/C18H24FNO4/c1-22-17-4-2-3-15(17)16-11-23-10-9-20(16)18(21)12-24-14-7-5-13(19)6-8-14/h5-8,15-17H,2-4,9-12H2,1H3. The van der Waals surface area contributed by atoms with Gasteiger partial charge < -0.3 is 19.1 Å². The largest absolute Gasteiger partial charge is 0.484 e. The van der Waals surface area contributed by atoms with Gasteiger partial charge in [-0.3, -0.25) is 4.79 Å². The minimum absolute atomic E-state index is 0.0375. The number of halogens is 1. The molecule has 1 aromatic carbocycles. The Bertz CT molecular complexity index is 550. The Labute approximate surface area is 141 Å². The summed E-state index contributed by atoms with van der Waals surface area (Å²) in [6.07, 6.45) is 3.39. The van der Waals surface area contributed by atoms with Gasteiger partial charge in [-0.15, -0.1) is 0 Å². The molecule has 2 aliphatic rings. The zero-order valence-corrected chi connectivity index (χ0v) is 13.9. The van der Waals surface area contributed by atoms with Gasteiger partial charge in [-0.2, -0.15) is 0 Å². The van der Waals surface area contributed by atoms with Gasteiger partial charge in [-0.25, -0.2) is 4.39 Å². The second-order valence-corrected chi connectivity index (χ2v) is 6.34. The number of methoxy groups -OCH3 is 1. The summed E-state index contributed by atoms with van der Waals surface area (Å²) in [5, 5.41) is 0. The van der Waals surface area contributed by atoms with Crippen molar-refractivity contribution in [1.29, 1.82) is 0 Å². The minimum Gasteiger partial charge on any atom is -0.484 e. The quantitative estimate of drug-likeness (QED) is 0.827. The van der Waals surface area contributed by atoms with Gasteiger partial charge in [0, 0.05) is 19.6 Å². The molecule has 0 spiro atoms. The summed E-state index contributed by atoms with van der Waals surface area (Å²) >= 11 is 0. The Morgan fingerprint density at radius 3 is 2.88 bits per heavy atom. The fourth-order valence-electron chi connectivity index (χ4n) is 3.73. The van der Waals surface area contributed by atoms with Gasteiger partial charge >= 0.3 is 0 Å². The molecular weight excluding hydrogens is 313 g/mol. The molecule has 3 rings (SSSR count). The van der Waals surface area contributed by atoms with Crippen molar-refractivity contribution in [2.24, 2.45) is 5.92 Å². The van der Waals surface area contributed by atoms with Crippen LogP contribution in [-0.4, -0.2) is 56.4 Å². The highest BCUT2D eigenvalue weighted by atomic mass is 19.1. The van der Waals surface area contributed by atoms with Crippen molar-refractivity contribution in [3.8, 4) is 5.75 Å². The lowest BCUT2D eigenvalue weighted by Gasteiger charge is -2.40. The van der Waals surface area contributed by atoms with Crippen LogP contribution in [0, 0.1) is 11.7 Å². The Morgan fingerprint density at radius 1 is 1.33 bits per heavy atom. The first-order valence-electron chi connectivity index (χ1n) is 8.47. The molecule has 1 aliphatic carbocycles. The second-order valence-electron chi connectivity index (χ2n) is 6.34. The molecule has 24 heavy (non-hydrogen) atoms. The average molecular weight is 337 g/mol. The van der Waals surface area contributed by atoms with Gasteiger partial charge in [0.2, 0.25) is 0 Å². The molecule has 1 saturated carbocycles. The molecule has 1 aromatic rings. The number of benzene rings is 1. The highest BCUT2D eigenvalue weighted by molar-refractivity contribution is 5.78. The van der Waals surface area contributed by atoms with Gasteiger partial charge in [0.1, 0.15) is 11.6 Å². The number of morpholine rings is 1. The van der Waals surface area contributed by atoms with E-state index < -0.39 is 0 Å². The minimum atomic E-state index is -0.325. The van der Waals surface area contributed by atoms with Crippen molar-refractivity contribution in [3.63, 3.8) is 0 Å². The molecule has 1 heterocycles. The van der Waals surface area contributed by atoms with Gasteiger partial charge in [0.05, 0.1) is 25.4 Å². The molecule has 1 aliphatic heterocycles. The summed E-state index contributed by atoms with van der Waals surface area (Å²) in [6.45, 7) is 1.62. The van der Waals surface area contributed by atoms with Crippen molar-refractivity contribution < 1.29 is 23.4 Å². The van der Waals surface area contributed by atoms with E-state index in [1.165, 1.54) is 24.3 Å². The van der Waals surface area contributed by atoms with Crippen LogP contribution in [0.1, 0.15) is 19.3 Å². The predicted molar refractivity (Wildman–Crippen MR) is 86.4 cm³/mol. The predicted octanol–water partition coefficient (Wildman–Crippen LogP) is 2.25. The molecule has 5 nitrogen and oxygen atoms in total. The van der Waals surface area contributed by atoms with E-state index in [2.05, 4.69) is 0 Å². The summed E-state index contributed by atoms with van der Waals surface area (Å²) in [5.41, 5.74) is 0. The van der Waals surface area contributed by atoms with Crippen LogP contribution >= 0.6 is 0 Å². The summed E-state index contributed by atoms with van der Waals surface area (Å²) in [6, 6.07) is 5.72. The van der Waals surface area contributed by atoms with Gasteiger partial charge in [-0.1, -0.05) is 6.42 Å². The zero-order valence-electron chi connectivity index (χ0n) is 13.9. The molecule has 1 saturated heterocycles. The van der Waals surface area contributed by atoms with Crippen LogP contribution in [0.25, 0.3) is 0 Å². The van der Waals surface area contributed by atoms with Crippen molar-refractivity contribution in [3.05, 3.63) is 30.1 Å². The van der Waals surface area contributed by atoms with Gasteiger partial charge in [0.15, 0.2) is 6.61 Å². The smallest absolute Gasteiger partial charge is 0.260 e. The van der Waals surface area contributed by atoms with E-state index in [1.54, 1.807) is 7.11 Å². The number of carbonyl (C=O) groups is 1. The lowest BCUT2D eigenvalue weighted by atomic mass is 9.94. The summed E-state index contributed by atoms with van der Waals surface area (Å²) in [7, 11) is 1.73. The molecule has 3 atom stereocenters. The van der Waals surface area contributed by atoms with E-state index in [1.807, 2.05) is 4.90 Å². The molecule has 0 aromatic heterocycles. The maximum Gasteiger partial charge on any atom is 0.260 e. The molecule has 6 heteroatoms. The molecule has 3 unspecified atom stereocenters. The molecule has 1 amide bonds. The number of amides is 1. The topological polar surface area (TPSA) is 48.0 Å². The second kappa shape index (κ2) is 7.94. The van der Waals surface area contributed by atoms with Crippen LogP contribution in [0.4, 0.5) is 4.39 Å². The zero-order chi connectivity index (χ0) is 16.9. The van der Waals surface area contributed by atoms with E-state index in [0.717, 1.165) is 19.3 Å². The van der Waals surface area contributed by atoms with Crippen LogP contribution < -0.4 is 4.74 Å². The fraction of sp³-hybridized carbons (Fsp3) is 0.611. The molecule has 0 radical (unpaired) electrons. The summed E-state index contributed by atoms with van der Waals surface area (Å²) in [5.74, 6) is 0.415. The van der Waals surface area contributed by atoms with Crippen molar-refractivity contribution in [2.45, 2.75) is 31.4 Å². The third kappa shape index (κ3) is 3.87. The maximum atomic E-state index is 12.9. The third-order valence-electron chi connectivity index (χ3n) is 4.96. The van der Waals surface area contributed by atoms with Crippen LogP contribution in [0.5, 0.6) is 5.75 Å². The third-order valence-corrected chi connectivity index (χ3v) is 4.96. The number of nitrogens with zero attached hydrogens (tertiary/aromatic N) is 1. The summed E-state index contributed by atoms with van der Waals surface area (Å²) < 4.78 is 29.6.